The van der Waals surface area contributed by atoms with Crippen molar-refractivity contribution in [1.82, 2.24) is 21.3 Å². The summed E-state index contributed by atoms with van der Waals surface area (Å²) in [4.78, 5) is 48.6. The molecule has 4 N–H and O–H groups in total. The summed E-state index contributed by atoms with van der Waals surface area (Å²) < 4.78 is 0. The van der Waals surface area contributed by atoms with E-state index in [1.54, 1.807) is 0 Å². The molecule has 124 valence electrons. The highest BCUT2D eigenvalue weighted by atomic mass is 16.2. The Kier molecular flexibility index (Phi) is 4.84. The molecule has 0 spiro atoms. The predicted octanol–water partition coefficient (Wildman–Crippen LogP) is -1.20. The first kappa shape index (κ1) is 17.9. The van der Waals surface area contributed by atoms with Crippen molar-refractivity contribution in [1.29, 1.82) is 0 Å². The Hall–Kier alpha value is -2.12. The molecule has 0 aromatic carbocycles. The molecule has 8 nitrogen and oxygen atoms in total. The van der Waals surface area contributed by atoms with Gasteiger partial charge in [0.2, 0.25) is 23.6 Å². The fourth-order valence-electron chi connectivity index (χ4n) is 1.83. The van der Waals surface area contributed by atoms with Crippen LogP contribution in [-0.2, 0) is 19.2 Å². The van der Waals surface area contributed by atoms with Crippen molar-refractivity contribution in [2.45, 2.75) is 64.7 Å². The quantitative estimate of drug-likeness (QED) is 0.449. The Morgan fingerprint density at radius 1 is 0.682 bits per heavy atom. The SMILES string of the molecule is C[C@H]1NC(=O)C(C)(C)NC(=O)[C@@H](C)NC(=O)C(C)(C)NC1=O. The van der Waals surface area contributed by atoms with Crippen molar-refractivity contribution >= 4 is 23.6 Å². The van der Waals surface area contributed by atoms with Gasteiger partial charge < -0.3 is 21.3 Å². The summed E-state index contributed by atoms with van der Waals surface area (Å²) in [6.07, 6.45) is 0. The van der Waals surface area contributed by atoms with Gasteiger partial charge in [0.15, 0.2) is 0 Å². The molecule has 0 radical (unpaired) electrons. The highest BCUT2D eigenvalue weighted by Gasteiger charge is 2.37. The van der Waals surface area contributed by atoms with Gasteiger partial charge in [0.25, 0.3) is 0 Å². The van der Waals surface area contributed by atoms with Gasteiger partial charge in [-0.05, 0) is 41.5 Å². The number of amides is 4. The molecule has 8 heteroatoms. The smallest absolute Gasteiger partial charge is 0.245 e. The van der Waals surface area contributed by atoms with E-state index < -0.39 is 46.8 Å². The zero-order valence-corrected chi connectivity index (χ0v) is 13.8. The summed E-state index contributed by atoms with van der Waals surface area (Å²) in [6.45, 7) is 9.11. The molecular formula is C14H24N4O4. The third-order valence-corrected chi connectivity index (χ3v) is 3.49. The molecule has 22 heavy (non-hydrogen) atoms. The van der Waals surface area contributed by atoms with Crippen molar-refractivity contribution in [2.24, 2.45) is 0 Å². The van der Waals surface area contributed by atoms with Gasteiger partial charge in [0.1, 0.15) is 23.2 Å². The summed E-state index contributed by atoms with van der Waals surface area (Å²) in [5, 5.41) is 10.2. The number of carbonyl (C=O) groups excluding carboxylic acids is 4. The minimum atomic E-state index is -1.21. The van der Waals surface area contributed by atoms with Crippen molar-refractivity contribution in [3.05, 3.63) is 0 Å². The van der Waals surface area contributed by atoms with Crippen LogP contribution in [0.15, 0.2) is 0 Å². The Morgan fingerprint density at radius 2 is 0.955 bits per heavy atom. The Balaban J connectivity index is 3.13. The second-order valence-electron chi connectivity index (χ2n) is 6.62. The lowest BCUT2D eigenvalue weighted by Crippen LogP contribution is -2.65. The molecule has 0 unspecified atom stereocenters. The van der Waals surface area contributed by atoms with E-state index in [0.717, 1.165) is 0 Å². The summed E-state index contributed by atoms with van der Waals surface area (Å²) in [6, 6.07) is -1.68. The van der Waals surface area contributed by atoms with Crippen LogP contribution in [0.1, 0.15) is 41.5 Å². The van der Waals surface area contributed by atoms with Crippen molar-refractivity contribution < 1.29 is 19.2 Å². The molecule has 1 heterocycles. The first-order valence-electron chi connectivity index (χ1n) is 7.13. The zero-order valence-electron chi connectivity index (χ0n) is 13.8. The van der Waals surface area contributed by atoms with Crippen LogP contribution < -0.4 is 21.3 Å². The molecule has 1 fully saturated rings. The summed E-state index contributed by atoms with van der Waals surface area (Å²) >= 11 is 0. The minimum absolute atomic E-state index is 0.483. The van der Waals surface area contributed by atoms with Crippen LogP contribution in [0.2, 0.25) is 0 Å². The van der Waals surface area contributed by atoms with Gasteiger partial charge in [-0.25, -0.2) is 0 Å². The number of hydrogen-bond donors (Lipinski definition) is 4. The van der Waals surface area contributed by atoms with E-state index in [9.17, 15) is 19.2 Å². The highest BCUT2D eigenvalue weighted by Crippen LogP contribution is 2.08. The maximum absolute atomic E-state index is 12.2. The second kappa shape index (κ2) is 5.94. The molecule has 4 amide bonds. The third-order valence-electron chi connectivity index (χ3n) is 3.49. The molecule has 1 rings (SSSR count). The fraction of sp³-hybridized carbons (Fsp3) is 0.714. The molecule has 0 saturated carbocycles. The van der Waals surface area contributed by atoms with Gasteiger partial charge in [0, 0.05) is 0 Å². The third kappa shape index (κ3) is 3.96. The maximum atomic E-state index is 12.2. The molecule has 0 aliphatic carbocycles. The second-order valence-corrected chi connectivity index (χ2v) is 6.62. The molecule has 0 aromatic heterocycles. The maximum Gasteiger partial charge on any atom is 0.245 e. The van der Waals surface area contributed by atoms with Crippen LogP contribution >= 0.6 is 0 Å². The fourth-order valence-corrected chi connectivity index (χ4v) is 1.83. The standard InChI is InChI=1S/C14H24N4O4/c1-7-9(19)17-14(5,6)12(22)16-8(2)10(20)18-13(3,4)11(21)15-7/h7-8H,1-6H3,(H,15,21)(H,16,22)(H,17,19)(H,18,20)/t7-,8-/m1/s1. The average molecular weight is 312 g/mol. The number of hydrogen-bond acceptors (Lipinski definition) is 4. The Morgan fingerprint density at radius 3 is 1.23 bits per heavy atom. The summed E-state index contributed by atoms with van der Waals surface area (Å²) in [7, 11) is 0. The van der Waals surface area contributed by atoms with Gasteiger partial charge in [-0.15, -0.1) is 0 Å². The average Bonchev–Trinajstić information content (AvgIpc) is 2.36. The van der Waals surface area contributed by atoms with E-state index in [1.165, 1.54) is 41.5 Å². The van der Waals surface area contributed by atoms with Gasteiger partial charge in [-0.3, -0.25) is 19.2 Å². The summed E-state index contributed by atoms with van der Waals surface area (Å²) in [5.41, 5.74) is -2.42. The molecule has 1 aliphatic rings. The lowest BCUT2D eigenvalue weighted by Gasteiger charge is -2.33. The lowest BCUT2D eigenvalue weighted by molar-refractivity contribution is -0.139. The topological polar surface area (TPSA) is 116 Å². The van der Waals surface area contributed by atoms with E-state index >= 15 is 0 Å². The van der Waals surface area contributed by atoms with E-state index in [0.29, 0.717) is 0 Å². The van der Waals surface area contributed by atoms with Crippen LogP contribution in [0.4, 0.5) is 0 Å². The zero-order chi connectivity index (χ0) is 17.3. The van der Waals surface area contributed by atoms with E-state index in [2.05, 4.69) is 21.3 Å². The molecular weight excluding hydrogens is 288 g/mol. The molecule has 0 aromatic rings. The Bertz CT molecular complexity index is 467. The van der Waals surface area contributed by atoms with Crippen molar-refractivity contribution in [3.63, 3.8) is 0 Å². The van der Waals surface area contributed by atoms with E-state index in [4.69, 9.17) is 0 Å². The lowest BCUT2D eigenvalue weighted by atomic mass is 10.00. The van der Waals surface area contributed by atoms with Gasteiger partial charge >= 0.3 is 0 Å². The first-order chi connectivity index (χ1) is 9.86. The van der Waals surface area contributed by atoms with E-state index in [-0.39, 0.29) is 0 Å². The molecule has 0 bridgehead atoms. The van der Waals surface area contributed by atoms with Crippen molar-refractivity contribution in [3.8, 4) is 0 Å². The van der Waals surface area contributed by atoms with Crippen LogP contribution in [0.25, 0.3) is 0 Å². The van der Waals surface area contributed by atoms with E-state index in [1.807, 2.05) is 0 Å². The monoisotopic (exact) mass is 312 g/mol. The number of rotatable bonds is 0. The minimum Gasteiger partial charge on any atom is -0.343 e. The first-order valence-corrected chi connectivity index (χ1v) is 7.13. The van der Waals surface area contributed by atoms with Crippen LogP contribution in [0, 0.1) is 0 Å². The summed E-state index contributed by atoms with van der Waals surface area (Å²) in [5.74, 6) is -1.94. The normalized spacial score (nSPS) is 29.2. The molecule has 2 atom stereocenters. The predicted molar refractivity (Wildman–Crippen MR) is 79.7 cm³/mol. The molecule has 1 aliphatic heterocycles. The van der Waals surface area contributed by atoms with Gasteiger partial charge in [-0.1, -0.05) is 0 Å². The molecule has 1 saturated heterocycles. The largest absolute Gasteiger partial charge is 0.343 e. The van der Waals surface area contributed by atoms with Gasteiger partial charge in [0.05, 0.1) is 0 Å². The van der Waals surface area contributed by atoms with Crippen LogP contribution in [-0.4, -0.2) is 46.8 Å². The van der Waals surface area contributed by atoms with Crippen molar-refractivity contribution in [2.75, 3.05) is 0 Å². The Labute approximate surface area is 129 Å². The number of carbonyl (C=O) groups is 4. The van der Waals surface area contributed by atoms with Crippen LogP contribution in [0.5, 0.6) is 0 Å². The number of nitrogens with one attached hydrogen (secondary N) is 4. The van der Waals surface area contributed by atoms with Crippen LogP contribution in [0.3, 0.4) is 0 Å². The van der Waals surface area contributed by atoms with Gasteiger partial charge in [-0.2, -0.15) is 0 Å². The highest BCUT2D eigenvalue weighted by molar-refractivity contribution is 5.99.